The minimum atomic E-state index is 0.159. The van der Waals surface area contributed by atoms with E-state index < -0.39 is 0 Å². The summed E-state index contributed by atoms with van der Waals surface area (Å²) < 4.78 is 7.37. The van der Waals surface area contributed by atoms with Crippen LogP contribution in [0.2, 0.25) is 5.02 Å². The highest BCUT2D eigenvalue weighted by Crippen LogP contribution is 2.33. The quantitative estimate of drug-likeness (QED) is 0.466. The standard InChI is InChI=1S/C23H22ClN7O/c1-15-13-32-14-16(2)30(15)23-25-12-20(21(26-23)17-7-6-8-18(24)11-17)22-27-28-29-31(22)19-9-4-3-5-10-19/h3-12,15-16H,13-14H2,1-2H3/t15-,16+. The van der Waals surface area contributed by atoms with Crippen LogP contribution in [0.4, 0.5) is 5.95 Å². The van der Waals surface area contributed by atoms with E-state index in [9.17, 15) is 0 Å². The molecule has 8 nitrogen and oxygen atoms in total. The molecule has 0 aliphatic carbocycles. The van der Waals surface area contributed by atoms with Crippen LogP contribution in [-0.4, -0.2) is 55.5 Å². The highest BCUT2D eigenvalue weighted by molar-refractivity contribution is 6.30. The lowest BCUT2D eigenvalue weighted by Crippen LogP contribution is -2.50. The number of hydrogen-bond donors (Lipinski definition) is 0. The third-order valence-corrected chi connectivity index (χ3v) is 5.72. The van der Waals surface area contributed by atoms with Crippen LogP contribution in [0.1, 0.15) is 13.8 Å². The first-order valence-electron chi connectivity index (χ1n) is 10.4. The summed E-state index contributed by atoms with van der Waals surface area (Å²) in [6.45, 7) is 5.49. The first kappa shape index (κ1) is 20.5. The van der Waals surface area contributed by atoms with Crippen LogP contribution in [0, 0.1) is 0 Å². The highest BCUT2D eigenvalue weighted by atomic mass is 35.5. The Hall–Kier alpha value is -3.36. The van der Waals surface area contributed by atoms with Crippen molar-refractivity contribution in [2.24, 2.45) is 0 Å². The molecule has 0 amide bonds. The Morgan fingerprint density at radius 1 is 1.00 bits per heavy atom. The van der Waals surface area contributed by atoms with Gasteiger partial charge in [-0.25, -0.2) is 9.97 Å². The monoisotopic (exact) mass is 447 g/mol. The molecule has 0 bridgehead atoms. The molecule has 1 aliphatic heterocycles. The number of halogens is 1. The molecule has 3 heterocycles. The molecule has 2 atom stereocenters. The molecule has 4 aromatic rings. The van der Waals surface area contributed by atoms with Crippen molar-refractivity contribution < 1.29 is 4.74 Å². The maximum absolute atomic E-state index is 6.32. The molecule has 1 aliphatic rings. The molecule has 5 rings (SSSR count). The van der Waals surface area contributed by atoms with Crippen molar-refractivity contribution in [1.29, 1.82) is 0 Å². The SMILES string of the molecule is C[C@@H]1COC[C@H](C)N1c1ncc(-c2nnnn2-c2ccccc2)c(-c2cccc(Cl)c2)n1. The molecule has 9 heteroatoms. The Morgan fingerprint density at radius 2 is 1.78 bits per heavy atom. The second kappa shape index (κ2) is 8.64. The Balaban J connectivity index is 1.68. The smallest absolute Gasteiger partial charge is 0.226 e. The largest absolute Gasteiger partial charge is 0.377 e. The van der Waals surface area contributed by atoms with Gasteiger partial charge in [0.25, 0.3) is 0 Å². The fourth-order valence-electron chi connectivity index (χ4n) is 4.01. The lowest BCUT2D eigenvalue weighted by Gasteiger charge is -2.38. The van der Waals surface area contributed by atoms with E-state index >= 15 is 0 Å². The van der Waals surface area contributed by atoms with Crippen molar-refractivity contribution in [1.82, 2.24) is 30.2 Å². The fourth-order valence-corrected chi connectivity index (χ4v) is 4.20. The van der Waals surface area contributed by atoms with Crippen molar-refractivity contribution in [2.45, 2.75) is 25.9 Å². The summed E-state index contributed by atoms with van der Waals surface area (Å²) in [6.07, 6.45) is 1.79. The number of aromatic nitrogens is 6. The van der Waals surface area contributed by atoms with Crippen LogP contribution >= 0.6 is 11.6 Å². The van der Waals surface area contributed by atoms with Gasteiger partial charge < -0.3 is 9.64 Å². The minimum absolute atomic E-state index is 0.159. The molecule has 1 saturated heterocycles. The van der Waals surface area contributed by atoms with Crippen molar-refractivity contribution in [2.75, 3.05) is 18.1 Å². The molecular formula is C23H22ClN7O. The van der Waals surface area contributed by atoms with Crippen molar-refractivity contribution in [3.05, 3.63) is 65.8 Å². The van der Waals surface area contributed by atoms with Crippen LogP contribution in [0.3, 0.4) is 0 Å². The summed E-state index contributed by atoms with van der Waals surface area (Å²) in [7, 11) is 0. The van der Waals surface area contributed by atoms with Crippen LogP contribution in [0.25, 0.3) is 28.3 Å². The third kappa shape index (κ3) is 3.83. The molecule has 0 radical (unpaired) electrons. The second-order valence-electron chi connectivity index (χ2n) is 7.84. The number of hydrogen-bond acceptors (Lipinski definition) is 7. The average molecular weight is 448 g/mol. The second-order valence-corrected chi connectivity index (χ2v) is 8.27. The van der Waals surface area contributed by atoms with Crippen molar-refractivity contribution >= 4 is 17.5 Å². The molecule has 1 fully saturated rings. The van der Waals surface area contributed by atoms with E-state index in [2.05, 4.69) is 34.3 Å². The van der Waals surface area contributed by atoms with Gasteiger partial charge in [-0.2, -0.15) is 4.68 Å². The lowest BCUT2D eigenvalue weighted by atomic mass is 10.1. The number of para-hydroxylation sites is 1. The number of rotatable bonds is 4. The van der Waals surface area contributed by atoms with Gasteiger partial charge in [-0.15, -0.1) is 5.10 Å². The first-order valence-corrected chi connectivity index (χ1v) is 10.8. The Labute approximate surface area is 190 Å². The third-order valence-electron chi connectivity index (χ3n) is 5.48. The van der Waals surface area contributed by atoms with Gasteiger partial charge in [0, 0.05) is 16.8 Å². The van der Waals surface area contributed by atoms with E-state index in [1.165, 1.54) is 0 Å². The van der Waals surface area contributed by atoms with E-state index in [1.807, 2.05) is 54.6 Å². The Kier molecular flexibility index (Phi) is 5.55. The molecule has 2 aromatic heterocycles. The average Bonchev–Trinajstić information content (AvgIpc) is 3.29. The fraction of sp³-hybridized carbons (Fsp3) is 0.261. The van der Waals surface area contributed by atoms with Crippen LogP contribution in [0.5, 0.6) is 0 Å². The summed E-state index contributed by atoms with van der Waals surface area (Å²) in [5.41, 5.74) is 3.16. The summed E-state index contributed by atoms with van der Waals surface area (Å²) in [5, 5.41) is 13.0. The number of benzene rings is 2. The first-order chi connectivity index (χ1) is 15.6. The summed E-state index contributed by atoms with van der Waals surface area (Å²) in [5.74, 6) is 1.20. The molecule has 2 aromatic carbocycles. The maximum atomic E-state index is 6.32. The molecule has 0 spiro atoms. The van der Waals surface area contributed by atoms with Gasteiger partial charge in [0.2, 0.25) is 5.95 Å². The number of morpholine rings is 1. The van der Waals surface area contributed by atoms with Gasteiger partial charge in [-0.3, -0.25) is 0 Å². The van der Waals surface area contributed by atoms with E-state index in [0.29, 0.717) is 30.0 Å². The molecular weight excluding hydrogens is 426 g/mol. The normalized spacial score (nSPS) is 18.7. The minimum Gasteiger partial charge on any atom is -0.377 e. The van der Waals surface area contributed by atoms with Crippen LogP contribution < -0.4 is 4.90 Å². The zero-order valence-electron chi connectivity index (χ0n) is 17.8. The molecule has 0 unspecified atom stereocenters. The van der Waals surface area contributed by atoms with Gasteiger partial charge in [0.15, 0.2) is 5.82 Å². The molecule has 0 N–H and O–H groups in total. The Morgan fingerprint density at radius 3 is 2.53 bits per heavy atom. The Bertz CT molecular complexity index is 1220. The number of anilines is 1. The summed E-state index contributed by atoms with van der Waals surface area (Å²) in [4.78, 5) is 11.9. The summed E-state index contributed by atoms with van der Waals surface area (Å²) >= 11 is 6.32. The predicted octanol–water partition coefficient (Wildman–Crippen LogP) is 4.05. The van der Waals surface area contributed by atoms with E-state index in [1.54, 1.807) is 10.9 Å². The molecule has 32 heavy (non-hydrogen) atoms. The van der Waals surface area contributed by atoms with Crippen molar-refractivity contribution in [3.63, 3.8) is 0 Å². The maximum Gasteiger partial charge on any atom is 0.226 e. The number of tetrazole rings is 1. The van der Waals surface area contributed by atoms with Gasteiger partial charge >= 0.3 is 0 Å². The molecule has 0 saturated carbocycles. The van der Waals surface area contributed by atoms with Crippen molar-refractivity contribution in [3.8, 4) is 28.3 Å². The van der Waals surface area contributed by atoms with Crippen LogP contribution in [-0.2, 0) is 4.74 Å². The predicted molar refractivity (Wildman–Crippen MR) is 123 cm³/mol. The van der Waals surface area contributed by atoms with Gasteiger partial charge in [-0.1, -0.05) is 41.9 Å². The van der Waals surface area contributed by atoms with E-state index in [-0.39, 0.29) is 12.1 Å². The molecule has 162 valence electrons. The van der Waals surface area contributed by atoms with Crippen LogP contribution in [0.15, 0.2) is 60.8 Å². The zero-order valence-corrected chi connectivity index (χ0v) is 18.5. The van der Waals surface area contributed by atoms with Gasteiger partial charge in [0.05, 0.1) is 42.2 Å². The highest BCUT2D eigenvalue weighted by Gasteiger charge is 2.29. The van der Waals surface area contributed by atoms with Gasteiger partial charge in [-0.05, 0) is 48.5 Å². The lowest BCUT2D eigenvalue weighted by molar-refractivity contribution is 0.0747. The van der Waals surface area contributed by atoms with E-state index in [4.69, 9.17) is 26.3 Å². The van der Waals surface area contributed by atoms with Gasteiger partial charge in [0.1, 0.15) is 0 Å². The number of ether oxygens (including phenoxy) is 1. The zero-order chi connectivity index (χ0) is 22.1. The van der Waals surface area contributed by atoms with E-state index in [0.717, 1.165) is 22.5 Å². The summed E-state index contributed by atoms with van der Waals surface area (Å²) in [6, 6.07) is 17.7. The topological polar surface area (TPSA) is 81.9 Å². The number of nitrogens with zero attached hydrogens (tertiary/aromatic N) is 7.